The first kappa shape index (κ1) is 11.4. The van der Waals surface area contributed by atoms with Crippen LogP contribution in [0.4, 0.5) is 5.69 Å². The Kier molecular flexibility index (Phi) is 2.72. The van der Waals surface area contributed by atoms with E-state index >= 15 is 0 Å². The second-order valence-corrected chi connectivity index (χ2v) is 4.16. The predicted octanol–water partition coefficient (Wildman–Crippen LogP) is 2.78. The molecule has 3 rings (SSSR count). The molecular weight excluding hydrogens is 242 g/mol. The summed E-state index contributed by atoms with van der Waals surface area (Å²) in [6, 6.07) is 10.9. The summed E-state index contributed by atoms with van der Waals surface area (Å²) in [5, 5.41) is 7.38. The van der Waals surface area contributed by atoms with Gasteiger partial charge in [0.15, 0.2) is 0 Å². The average Bonchev–Trinajstić information content (AvgIpc) is 2.86. The number of amides is 1. The zero-order chi connectivity index (χ0) is 13.2. The van der Waals surface area contributed by atoms with E-state index in [0.29, 0.717) is 11.4 Å². The summed E-state index contributed by atoms with van der Waals surface area (Å²) >= 11 is 0. The van der Waals surface area contributed by atoms with Gasteiger partial charge in [-0.25, -0.2) is 0 Å². The molecule has 1 aromatic carbocycles. The lowest BCUT2D eigenvalue weighted by atomic mass is 10.2. The molecule has 0 spiro atoms. The Morgan fingerprint density at radius 2 is 2.16 bits per heavy atom. The number of benzene rings is 1. The van der Waals surface area contributed by atoms with Crippen LogP contribution in [0, 0.1) is 6.92 Å². The van der Waals surface area contributed by atoms with Crippen molar-refractivity contribution < 1.29 is 9.32 Å². The number of pyridine rings is 1. The van der Waals surface area contributed by atoms with E-state index in [1.54, 1.807) is 19.2 Å². The van der Waals surface area contributed by atoms with Gasteiger partial charge in [0.2, 0.25) is 5.76 Å². The minimum Gasteiger partial charge on any atom is -0.351 e. The molecule has 0 saturated carbocycles. The van der Waals surface area contributed by atoms with Gasteiger partial charge in [-0.1, -0.05) is 11.2 Å². The van der Waals surface area contributed by atoms with Crippen LogP contribution in [0.1, 0.15) is 16.2 Å². The topological polar surface area (TPSA) is 68.0 Å². The third kappa shape index (κ3) is 2.18. The van der Waals surface area contributed by atoms with Crippen molar-refractivity contribution in [1.29, 1.82) is 0 Å². The van der Waals surface area contributed by atoms with Crippen LogP contribution in [0.2, 0.25) is 0 Å². The number of hydrogen-bond acceptors (Lipinski definition) is 4. The van der Waals surface area contributed by atoms with Crippen molar-refractivity contribution in [2.45, 2.75) is 6.92 Å². The molecule has 94 valence electrons. The van der Waals surface area contributed by atoms with Crippen molar-refractivity contribution >= 4 is 22.5 Å². The van der Waals surface area contributed by atoms with Crippen molar-refractivity contribution in [2.75, 3.05) is 5.32 Å². The SMILES string of the molecule is Cc1cc(C(=O)Nc2cccc3ncccc23)on1. The standard InChI is InChI=1S/C14H11N3O2/c1-9-8-13(19-17-9)14(18)16-12-6-2-5-11-10(12)4-3-7-15-11/h2-8H,1H3,(H,16,18). The third-order valence-corrected chi connectivity index (χ3v) is 2.75. The Labute approximate surface area is 109 Å². The maximum absolute atomic E-state index is 12.0. The number of rotatable bonds is 2. The first-order chi connectivity index (χ1) is 9.24. The van der Waals surface area contributed by atoms with Crippen LogP contribution >= 0.6 is 0 Å². The number of nitrogens with zero attached hydrogens (tertiary/aromatic N) is 2. The highest BCUT2D eigenvalue weighted by Crippen LogP contribution is 2.21. The second kappa shape index (κ2) is 4.53. The molecule has 0 radical (unpaired) electrons. The molecule has 0 unspecified atom stereocenters. The molecule has 0 saturated heterocycles. The molecule has 0 aliphatic heterocycles. The summed E-state index contributed by atoms with van der Waals surface area (Å²) < 4.78 is 4.93. The van der Waals surface area contributed by atoms with Crippen molar-refractivity contribution in [2.24, 2.45) is 0 Å². The van der Waals surface area contributed by atoms with Crippen LogP contribution in [-0.2, 0) is 0 Å². The summed E-state index contributed by atoms with van der Waals surface area (Å²) in [5.74, 6) is -0.129. The van der Waals surface area contributed by atoms with Crippen LogP contribution in [-0.4, -0.2) is 16.0 Å². The van der Waals surface area contributed by atoms with Crippen LogP contribution in [0.25, 0.3) is 10.9 Å². The average molecular weight is 253 g/mol. The molecule has 0 aliphatic carbocycles. The zero-order valence-corrected chi connectivity index (χ0v) is 10.3. The normalized spacial score (nSPS) is 10.6. The fraction of sp³-hybridized carbons (Fsp3) is 0.0714. The summed E-state index contributed by atoms with van der Waals surface area (Å²) in [5.41, 5.74) is 2.20. The zero-order valence-electron chi connectivity index (χ0n) is 10.3. The Hall–Kier alpha value is -2.69. The molecule has 2 aromatic heterocycles. The van der Waals surface area contributed by atoms with Crippen molar-refractivity contribution in [3.8, 4) is 0 Å². The van der Waals surface area contributed by atoms with Crippen LogP contribution in [0.15, 0.2) is 47.1 Å². The van der Waals surface area contributed by atoms with E-state index in [2.05, 4.69) is 15.5 Å². The lowest BCUT2D eigenvalue weighted by Crippen LogP contribution is -2.11. The number of hydrogen-bond donors (Lipinski definition) is 1. The fourth-order valence-corrected chi connectivity index (χ4v) is 1.87. The van der Waals surface area contributed by atoms with Gasteiger partial charge in [0.25, 0.3) is 5.91 Å². The highest BCUT2D eigenvalue weighted by atomic mass is 16.5. The molecular formula is C14H11N3O2. The van der Waals surface area contributed by atoms with Crippen molar-refractivity contribution in [3.63, 3.8) is 0 Å². The number of aromatic nitrogens is 2. The van der Waals surface area contributed by atoms with E-state index in [1.165, 1.54) is 0 Å². The minimum absolute atomic E-state index is 0.193. The van der Waals surface area contributed by atoms with Gasteiger partial charge in [0, 0.05) is 17.6 Å². The molecule has 0 fully saturated rings. The Morgan fingerprint density at radius 1 is 1.26 bits per heavy atom. The number of carbonyl (C=O) groups is 1. The largest absolute Gasteiger partial charge is 0.351 e. The van der Waals surface area contributed by atoms with E-state index in [1.807, 2.05) is 30.3 Å². The first-order valence-electron chi connectivity index (χ1n) is 5.82. The highest BCUT2D eigenvalue weighted by Gasteiger charge is 2.13. The van der Waals surface area contributed by atoms with Crippen LogP contribution in [0.5, 0.6) is 0 Å². The maximum Gasteiger partial charge on any atom is 0.294 e. The van der Waals surface area contributed by atoms with E-state index in [0.717, 1.165) is 10.9 Å². The van der Waals surface area contributed by atoms with Crippen molar-refractivity contribution in [3.05, 3.63) is 54.0 Å². The fourth-order valence-electron chi connectivity index (χ4n) is 1.87. The van der Waals surface area contributed by atoms with E-state index in [-0.39, 0.29) is 11.7 Å². The van der Waals surface area contributed by atoms with E-state index in [9.17, 15) is 4.79 Å². The highest BCUT2D eigenvalue weighted by molar-refractivity contribution is 6.07. The van der Waals surface area contributed by atoms with Gasteiger partial charge in [-0.3, -0.25) is 9.78 Å². The smallest absolute Gasteiger partial charge is 0.294 e. The van der Waals surface area contributed by atoms with Gasteiger partial charge in [-0.05, 0) is 31.2 Å². The Balaban J connectivity index is 1.95. The van der Waals surface area contributed by atoms with Gasteiger partial charge in [-0.15, -0.1) is 0 Å². The van der Waals surface area contributed by atoms with Gasteiger partial charge in [0.05, 0.1) is 16.9 Å². The summed E-state index contributed by atoms with van der Waals surface area (Å²) in [6.45, 7) is 1.77. The molecule has 1 amide bonds. The molecule has 19 heavy (non-hydrogen) atoms. The maximum atomic E-state index is 12.0. The molecule has 3 aromatic rings. The van der Waals surface area contributed by atoms with Crippen LogP contribution in [0.3, 0.4) is 0 Å². The van der Waals surface area contributed by atoms with Gasteiger partial charge >= 0.3 is 0 Å². The predicted molar refractivity (Wildman–Crippen MR) is 70.9 cm³/mol. The van der Waals surface area contributed by atoms with Crippen LogP contribution < -0.4 is 5.32 Å². The molecule has 0 aliphatic rings. The summed E-state index contributed by atoms with van der Waals surface area (Å²) in [7, 11) is 0. The molecule has 1 N–H and O–H groups in total. The summed E-state index contributed by atoms with van der Waals surface area (Å²) in [4.78, 5) is 16.2. The molecule has 0 atom stereocenters. The number of anilines is 1. The first-order valence-corrected chi connectivity index (χ1v) is 5.82. The molecule has 5 heteroatoms. The second-order valence-electron chi connectivity index (χ2n) is 4.16. The Bertz CT molecular complexity index is 744. The van der Waals surface area contributed by atoms with Gasteiger partial charge in [0.1, 0.15) is 0 Å². The third-order valence-electron chi connectivity index (χ3n) is 2.75. The minimum atomic E-state index is -0.322. The van der Waals surface area contributed by atoms with E-state index in [4.69, 9.17) is 4.52 Å². The lowest BCUT2D eigenvalue weighted by molar-refractivity contribution is 0.0988. The van der Waals surface area contributed by atoms with Gasteiger partial charge < -0.3 is 9.84 Å². The molecule has 5 nitrogen and oxygen atoms in total. The monoisotopic (exact) mass is 253 g/mol. The number of fused-ring (bicyclic) bond motifs is 1. The quantitative estimate of drug-likeness (QED) is 0.762. The number of carbonyl (C=O) groups excluding carboxylic acids is 1. The number of aryl methyl sites for hydroxylation is 1. The molecule has 0 bridgehead atoms. The lowest BCUT2D eigenvalue weighted by Gasteiger charge is -2.06. The van der Waals surface area contributed by atoms with E-state index < -0.39 is 0 Å². The van der Waals surface area contributed by atoms with Crippen molar-refractivity contribution in [1.82, 2.24) is 10.1 Å². The Morgan fingerprint density at radius 3 is 2.95 bits per heavy atom. The number of nitrogens with one attached hydrogen (secondary N) is 1. The van der Waals surface area contributed by atoms with Gasteiger partial charge in [-0.2, -0.15) is 0 Å². The molecule has 2 heterocycles. The summed E-state index contributed by atoms with van der Waals surface area (Å²) in [6.07, 6.45) is 1.72.